The van der Waals surface area contributed by atoms with Crippen LogP contribution in [0.2, 0.25) is 0 Å². The highest BCUT2D eigenvalue weighted by Crippen LogP contribution is 2.35. The molecule has 0 bridgehead atoms. The first-order chi connectivity index (χ1) is 23.0. The molecule has 3 amide bonds. The number of amides is 3. The molecule has 0 spiro atoms. The first-order valence-electron chi connectivity index (χ1n) is 15.4. The number of nitrogens with zero attached hydrogens (tertiary/aromatic N) is 2. The fourth-order valence-corrected chi connectivity index (χ4v) is 5.75. The summed E-state index contributed by atoms with van der Waals surface area (Å²) in [7, 11) is 3.15. The lowest BCUT2D eigenvalue weighted by Gasteiger charge is -2.26. The van der Waals surface area contributed by atoms with Crippen LogP contribution in [0.1, 0.15) is 72.0 Å². The summed E-state index contributed by atoms with van der Waals surface area (Å²) in [4.78, 5) is 52.3. The second-order valence-corrected chi connectivity index (χ2v) is 12.3. The van der Waals surface area contributed by atoms with Crippen LogP contribution in [0.3, 0.4) is 0 Å². The highest BCUT2D eigenvalue weighted by molar-refractivity contribution is 6.21. The van der Waals surface area contributed by atoms with Crippen molar-refractivity contribution >= 4 is 29.7 Å². The van der Waals surface area contributed by atoms with E-state index in [-0.39, 0.29) is 28.7 Å². The largest absolute Gasteiger partial charge is 0.457 e. The van der Waals surface area contributed by atoms with E-state index >= 15 is 0 Å². The summed E-state index contributed by atoms with van der Waals surface area (Å²) in [6.07, 6.45) is 0.666. The van der Waals surface area contributed by atoms with Crippen LogP contribution >= 0.6 is 0 Å². The molecule has 0 N–H and O–H groups in total. The topological polar surface area (TPSA) is 93.2 Å². The maximum absolute atomic E-state index is 13.2. The highest BCUT2D eigenvalue weighted by atomic mass is 16.5. The van der Waals surface area contributed by atoms with E-state index in [9.17, 15) is 19.2 Å². The van der Waals surface area contributed by atoms with Gasteiger partial charge in [0.25, 0.3) is 17.7 Å². The van der Waals surface area contributed by atoms with E-state index in [0.717, 1.165) is 27.3 Å². The SMILES string of the molecule is Cc1cccc(N(C)C(=O)c2ccc(Oc3ccc(C(C)(C)c4ccc(Oc5ccc6c(c5)C(=O)N(C)C6=O)cc4)cc3)cc2C=O)c1. The Morgan fingerprint density at radius 1 is 0.708 bits per heavy atom. The van der Waals surface area contributed by atoms with Gasteiger partial charge in [-0.1, -0.05) is 50.2 Å². The van der Waals surface area contributed by atoms with Crippen LogP contribution in [-0.4, -0.2) is 43.0 Å². The summed E-state index contributed by atoms with van der Waals surface area (Å²) >= 11 is 0. The Labute approximate surface area is 279 Å². The minimum absolute atomic E-state index is 0.245. The molecule has 1 aliphatic rings. The number of hydrogen-bond donors (Lipinski definition) is 0. The molecule has 240 valence electrons. The molecular formula is C40H34N2O6. The lowest BCUT2D eigenvalue weighted by atomic mass is 9.78. The van der Waals surface area contributed by atoms with Gasteiger partial charge in [0.15, 0.2) is 6.29 Å². The molecule has 0 unspecified atom stereocenters. The number of aryl methyl sites for hydroxylation is 1. The summed E-state index contributed by atoms with van der Waals surface area (Å²) < 4.78 is 12.1. The predicted molar refractivity (Wildman–Crippen MR) is 184 cm³/mol. The third-order valence-corrected chi connectivity index (χ3v) is 8.76. The van der Waals surface area contributed by atoms with Crippen molar-refractivity contribution in [1.29, 1.82) is 0 Å². The van der Waals surface area contributed by atoms with Gasteiger partial charge < -0.3 is 14.4 Å². The Morgan fingerprint density at radius 3 is 1.83 bits per heavy atom. The molecule has 5 aromatic carbocycles. The normalized spacial score (nSPS) is 12.5. The van der Waals surface area contributed by atoms with E-state index in [2.05, 4.69) is 13.8 Å². The molecule has 48 heavy (non-hydrogen) atoms. The number of ether oxygens (including phenoxy) is 2. The van der Waals surface area contributed by atoms with Crippen LogP contribution in [0.5, 0.6) is 23.0 Å². The molecule has 5 aromatic rings. The fourth-order valence-electron chi connectivity index (χ4n) is 5.75. The van der Waals surface area contributed by atoms with E-state index in [1.807, 2.05) is 79.7 Å². The third-order valence-electron chi connectivity index (χ3n) is 8.76. The molecular weight excluding hydrogens is 604 g/mol. The maximum atomic E-state index is 13.2. The Kier molecular flexibility index (Phi) is 8.41. The van der Waals surface area contributed by atoms with Gasteiger partial charge >= 0.3 is 0 Å². The van der Waals surface area contributed by atoms with Crippen molar-refractivity contribution in [3.63, 3.8) is 0 Å². The molecule has 0 saturated heterocycles. The lowest BCUT2D eigenvalue weighted by Crippen LogP contribution is -2.27. The number of aldehydes is 1. The Morgan fingerprint density at radius 2 is 1.25 bits per heavy atom. The van der Waals surface area contributed by atoms with Gasteiger partial charge in [-0.3, -0.25) is 24.1 Å². The second kappa shape index (κ2) is 12.6. The maximum Gasteiger partial charge on any atom is 0.261 e. The van der Waals surface area contributed by atoms with Gasteiger partial charge in [-0.2, -0.15) is 0 Å². The molecule has 8 heteroatoms. The zero-order valence-corrected chi connectivity index (χ0v) is 27.3. The molecule has 0 fully saturated rings. The van der Waals surface area contributed by atoms with Gasteiger partial charge in [0.2, 0.25) is 0 Å². The monoisotopic (exact) mass is 638 g/mol. The number of hydrogen-bond acceptors (Lipinski definition) is 6. The van der Waals surface area contributed by atoms with E-state index in [1.165, 1.54) is 11.9 Å². The number of carbonyl (C=O) groups is 4. The van der Waals surface area contributed by atoms with Crippen molar-refractivity contribution in [2.75, 3.05) is 19.0 Å². The molecule has 0 radical (unpaired) electrons. The molecule has 6 rings (SSSR count). The summed E-state index contributed by atoms with van der Waals surface area (Å²) in [5.74, 6) is 1.17. The Bertz CT molecular complexity index is 2070. The highest BCUT2D eigenvalue weighted by Gasteiger charge is 2.33. The van der Waals surface area contributed by atoms with E-state index < -0.39 is 0 Å². The van der Waals surface area contributed by atoms with Crippen molar-refractivity contribution in [2.45, 2.75) is 26.2 Å². The van der Waals surface area contributed by atoms with Crippen LogP contribution < -0.4 is 14.4 Å². The van der Waals surface area contributed by atoms with Crippen molar-refractivity contribution < 1.29 is 28.7 Å². The smallest absolute Gasteiger partial charge is 0.261 e. The third kappa shape index (κ3) is 6.08. The van der Waals surface area contributed by atoms with Crippen LogP contribution in [0.25, 0.3) is 0 Å². The van der Waals surface area contributed by atoms with Crippen LogP contribution in [0.4, 0.5) is 5.69 Å². The molecule has 0 aliphatic carbocycles. The number of benzene rings is 5. The predicted octanol–water partition coefficient (Wildman–Crippen LogP) is 8.22. The van der Waals surface area contributed by atoms with Crippen LogP contribution in [-0.2, 0) is 5.41 Å². The van der Waals surface area contributed by atoms with Gasteiger partial charge in [-0.25, -0.2) is 0 Å². The minimum Gasteiger partial charge on any atom is -0.457 e. The van der Waals surface area contributed by atoms with Crippen molar-refractivity contribution in [2.24, 2.45) is 0 Å². The van der Waals surface area contributed by atoms with E-state index in [1.54, 1.807) is 43.4 Å². The Hall–Kier alpha value is -6.02. The number of carbonyl (C=O) groups excluding carboxylic acids is 4. The summed E-state index contributed by atoms with van der Waals surface area (Å²) in [5, 5.41) is 0. The number of anilines is 1. The van der Waals surface area contributed by atoms with Crippen molar-refractivity contribution in [3.05, 3.63) is 148 Å². The van der Waals surface area contributed by atoms with Crippen LogP contribution in [0, 0.1) is 6.92 Å². The van der Waals surface area contributed by atoms with Gasteiger partial charge in [-0.15, -0.1) is 0 Å². The van der Waals surface area contributed by atoms with E-state index in [4.69, 9.17) is 9.47 Å². The molecule has 1 heterocycles. The summed E-state index contributed by atoms with van der Waals surface area (Å²) in [6, 6.07) is 32.8. The molecule has 1 aliphatic heterocycles. The molecule has 0 saturated carbocycles. The van der Waals surface area contributed by atoms with E-state index in [0.29, 0.717) is 46.0 Å². The van der Waals surface area contributed by atoms with Crippen molar-refractivity contribution in [1.82, 2.24) is 4.90 Å². The minimum atomic E-state index is -0.349. The Balaban J connectivity index is 1.13. The van der Waals surface area contributed by atoms with Gasteiger partial charge in [0.1, 0.15) is 23.0 Å². The standard InChI is InChI=1S/C40H34N2O6/c1-25-7-6-8-29(21-25)41(4)37(44)34-19-17-32(22-26(34)24-43)47-30-13-9-27(10-14-30)40(2,3)28-11-15-31(16-12-28)48-33-18-20-35-36(23-33)39(46)42(5)38(35)45/h6-24H,1-5H3. The quantitative estimate of drug-likeness (QED) is 0.119. The fraction of sp³-hybridized carbons (Fsp3) is 0.150. The van der Waals surface area contributed by atoms with Crippen molar-refractivity contribution in [3.8, 4) is 23.0 Å². The number of rotatable bonds is 9. The lowest BCUT2D eigenvalue weighted by molar-refractivity contribution is 0.0692. The number of fused-ring (bicyclic) bond motifs is 1. The first kappa shape index (κ1) is 31.9. The van der Waals surface area contributed by atoms with Gasteiger partial charge in [-0.05, 0) is 96.4 Å². The molecule has 0 atom stereocenters. The average Bonchev–Trinajstić information content (AvgIpc) is 3.31. The molecule has 0 aromatic heterocycles. The average molecular weight is 639 g/mol. The van der Waals surface area contributed by atoms with Gasteiger partial charge in [0, 0.05) is 30.8 Å². The van der Waals surface area contributed by atoms with Crippen LogP contribution in [0.15, 0.2) is 109 Å². The second-order valence-electron chi connectivity index (χ2n) is 12.3. The first-order valence-corrected chi connectivity index (χ1v) is 15.4. The summed E-state index contributed by atoms with van der Waals surface area (Å²) in [5.41, 5.74) is 4.79. The zero-order valence-electron chi connectivity index (χ0n) is 27.3. The molecule has 8 nitrogen and oxygen atoms in total. The zero-order chi connectivity index (χ0) is 34.2. The van der Waals surface area contributed by atoms with Gasteiger partial charge in [0.05, 0.1) is 16.7 Å². The number of imide groups is 1. The summed E-state index contributed by atoms with van der Waals surface area (Å²) in [6.45, 7) is 6.20.